The third kappa shape index (κ3) is 4.77. The van der Waals surface area contributed by atoms with Gasteiger partial charge in [0.25, 0.3) is 0 Å². The highest BCUT2D eigenvalue weighted by Crippen LogP contribution is 2.13. The molecule has 122 valence electrons. The van der Waals surface area contributed by atoms with Crippen LogP contribution in [0.25, 0.3) is 0 Å². The molecule has 1 fully saturated rings. The molecule has 0 bridgehead atoms. The van der Waals surface area contributed by atoms with Gasteiger partial charge in [-0.05, 0) is 30.2 Å². The van der Waals surface area contributed by atoms with Gasteiger partial charge in [-0.2, -0.15) is 0 Å². The first-order valence-electron chi connectivity index (χ1n) is 8.13. The fourth-order valence-corrected chi connectivity index (χ4v) is 3.10. The Hall–Kier alpha value is -1.42. The number of halogens is 2. The minimum atomic E-state index is -0.0994. The van der Waals surface area contributed by atoms with Crippen molar-refractivity contribution < 1.29 is 4.39 Å². The minimum absolute atomic E-state index is 0.0994. The van der Waals surface area contributed by atoms with Gasteiger partial charge in [-0.1, -0.05) is 41.9 Å². The fourth-order valence-electron chi connectivity index (χ4n) is 2.98. The van der Waals surface area contributed by atoms with Gasteiger partial charge in [-0.15, -0.1) is 0 Å². The highest BCUT2D eigenvalue weighted by Gasteiger charge is 2.17. The topological polar surface area (TPSA) is 6.48 Å². The maximum absolute atomic E-state index is 13.7. The zero-order valence-electron chi connectivity index (χ0n) is 13.2. The smallest absolute Gasteiger partial charge is 0.127 e. The lowest BCUT2D eigenvalue weighted by Crippen LogP contribution is -2.46. The summed E-state index contributed by atoms with van der Waals surface area (Å²) in [4.78, 5) is 4.81. The molecule has 1 aliphatic heterocycles. The molecule has 2 aromatic carbocycles. The molecule has 0 spiro atoms. The summed E-state index contributed by atoms with van der Waals surface area (Å²) in [6.45, 7) is 5.85. The molecule has 0 unspecified atom stereocenters. The van der Waals surface area contributed by atoms with Crippen molar-refractivity contribution in [3.05, 3.63) is 70.5 Å². The van der Waals surface area contributed by atoms with E-state index in [2.05, 4.69) is 21.9 Å². The summed E-state index contributed by atoms with van der Waals surface area (Å²) in [5.74, 6) is -0.0994. The van der Waals surface area contributed by atoms with Crippen LogP contribution in [0, 0.1) is 5.82 Å². The van der Waals surface area contributed by atoms with Gasteiger partial charge in [0.1, 0.15) is 5.82 Å². The molecule has 0 radical (unpaired) electrons. The molecule has 1 saturated heterocycles. The van der Waals surface area contributed by atoms with Crippen molar-refractivity contribution in [3.8, 4) is 0 Å². The molecule has 0 aliphatic carbocycles. The van der Waals surface area contributed by atoms with Crippen molar-refractivity contribution in [2.24, 2.45) is 0 Å². The number of benzene rings is 2. The average Bonchev–Trinajstić information content (AvgIpc) is 2.58. The van der Waals surface area contributed by atoms with Crippen molar-refractivity contribution >= 4 is 11.6 Å². The predicted molar refractivity (Wildman–Crippen MR) is 93.3 cm³/mol. The summed E-state index contributed by atoms with van der Waals surface area (Å²) in [5, 5.41) is 0.788. The summed E-state index contributed by atoms with van der Waals surface area (Å²) in [6, 6.07) is 15.1. The second-order valence-electron chi connectivity index (χ2n) is 6.09. The third-order valence-corrected chi connectivity index (χ3v) is 4.70. The molecule has 23 heavy (non-hydrogen) atoms. The van der Waals surface area contributed by atoms with Crippen LogP contribution in [-0.2, 0) is 13.0 Å². The zero-order valence-corrected chi connectivity index (χ0v) is 14.0. The largest absolute Gasteiger partial charge is 0.300 e. The molecule has 0 saturated carbocycles. The van der Waals surface area contributed by atoms with Gasteiger partial charge < -0.3 is 4.90 Å². The molecule has 1 heterocycles. The summed E-state index contributed by atoms with van der Waals surface area (Å²) < 4.78 is 13.7. The SMILES string of the molecule is Fc1ccccc1CN1CCN(CCc2ccc(Cl)cc2)CC1. The Morgan fingerprint density at radius 3 is 2.22 bits per heavy atom. The lowest BCUT2D eigenvalue weighted by atomic mass is 10.1. The van der Waals surface area contributed by atoms with E-state index in [1.165, 1.54) is 11.6 Å². The molecule has 0 atom stereocenters. The summed E-state index contributed by atoms with van der Waals surface area (Å²) in [7, 11) is 0. The Morgan fingerprint density at radius 1 is 0.870 bits per heavy atom. The van der Waals surface area contributed by atoms with E-state index in [4.69, 9.17) is 11.6 Å². The quantitative estimate of drug-likeness (QED) is 0.821. The van der Waals surface area contributed by atoms with E-state index in [9.17, 15) is 4.39 Å². The Labute approximate surface area is 142 Å². The first kappa shape index (κ1) is 16.4. The average molecular weight is 333 g/mol. The molecule has 1 aliphatic rings. The van der Waals surface area contributed by atoms with Crippen molar-refractivity contribution in [1.29, 1.82) is 0 Å². The highest BCUT2D eigenvalue weighted by molar-refractivity contribution is 6.30. The number of hydrogen-bond donors (Lipinski definition) is 0. The van der Waals surface area contributed by atoms with Crippen molar-refractivity contribution in [2.45, 2.75) is 13.0 Å². The van der Waals surface area contributed by atoms with Crippen LogP contribution in [0.15, 0.2) is 48.5 Å². The van der Waals surface area contributed by atoms with Gasteiger partial charge in [0.05, 0.1) is 0 Å². The maximum atomic E-state index is 13.7. The molecular weight excluding hydrogens is 311 g/mol. The monoisotopic (exact) mass is 332 g/mol. The van der Waals surface area contributed by atoms with E-state index in [1.54, 1.807) is 6.07 Å². The summed E-state index contributed by atoms with van der Waals surface area (Å²) >= 11 is 5.91. The van der Waals surface area contributed by atoms with Crippen molar-refractivity contribution in [3.63, 3.8) is 0 Å². The molecule has 4 heteroatoms. The van der Waals surface area contributed by atoms with Crippen LogP contribution in [0.5, 0.6) is 0 Å². The van der Waals surface area contributed by atoms with E-state index in [0.717, 1.165) is 49.7 Å². The second-order valence-corrected chi connectivity index (χ2v) is 6.52. The van der Waals surface area contributed by atoms with Crippen LogP contribution in [-0.4, -0.2) is 42.5 Å². The van der Waals surface area contributed by atoms with Gasteiger partial charge >= 0.3 is 0 Å². The van der Waals surface area contributed by atoms with E-state index in [-0.39, 0.29) is 5.82 Å². The Bertz CT molecular complexity index is 622. The van der Waals surface area contributed by atoms with E-state index >= 15 is 0 Å². The molecule has 2 nitrogen and oxygen atoms in total. The van der Waals surface area contributed by atoms with Gasteiger partial charge in [0, 0.05) is 49.9 Å². The summed E-state index contributed by atoms with van der Waals surface area (Å²) in [6.07, 6.45) is 1.05. The van der Waals surface area contributed by atoms with E-state index < -0.39 is 0 Å². The van der Waals surface area contributed by atoms with E-state index in [0.29, 0.717) is 6.54 Å². The van der Waals surface area contributed by atoms with Gasteiger partial charge in [0.2, 0.25) is 0 Å². The Morgan fingerprint density at radius 2 is 1.52 bits per heavy atom. The third-order valence-electron chi connectivity index (χ3n) is 4.45. The number of rotatable bonds is 5. The van der Waals surface area contributed by atoms with Gasteiger partial charge in [-0.25, -0.2) is 4.39 Å². The number of piperazine rings is 1. The summed E-state index contributed by atoms with van der Waals surface area (Å²) in [5.41, 5.74) is 2.12. The fraction of sp³-hybridized carbons (Fsp3) is 0.368. The lowest BCUT2D eigenvalue weighted by Gasteiger charge is -2.34. The van der Waals surface area contributed by atoms with E-state index in [1.807, 2.05) is 24.3 Å². The number of nitrogens with zero attached hydrogens (tertiary/aromatic N) is 2. The van der Waals surface area contributed by atoms with Gasteiger partial charge in [0.15, 0.2) is 0 Å². The van der Waals surface area contributed by atoms with Crippen molar-refractivity contribution in [1.82, 2.24) is 9.80 Å². The predicted octanol–water partition coefficient (Wildman–Crippen LogP) is 3.84. The standard InChI is InChI=1S/C19H22ClFN2/c20-18-7-5-16(6-8-18)9-10-22-11-13-23(14-12-22)15-17-3-1-2-4-19(17)21/h1-8H,9-15H2. The maximum Gasteiger partial charge on any atom is 0.127 e. The Kier molecular flexibility index (Phi) is 5.65. The van der Waals surface area contributed by atoms with Crippen LogP contribution in [0.1, 0.15) is 11.1 Å². The molecule has 0 amide bonds. The molecule has 0 aromatic heterocycles. The van der Waals surface area contributed by atoms with Gasteiger partial charge in [-0.3, -0.25) is 4.90 Å². The molecule has 3 rings (SSSR count). The first-order valence-corrected chi connectivity index (χ1v) is 8.51. The lowest BCUT2D eigenvalue weighted by molar-refractivity contribution is 0.127. The Balaban J connectivity index is 1.43. The molecule has 0 N–H and O–H groups in total. The minimum Gasteiger partial charge on any atom is -0.300 e. The van der Waals surface area contributed by atoms with Crippen molar-refractivity contribution in [2.75, 3.05) is 32.7 Å². The van der Waals surface area contributed by atoms with Crippen LogP contribution in [0.4, 0.5) is 4.39 Å². The second kappa shape index (κ2) is 7.91. The zero-order chi connectivity index (χ0) is 16.1. The van der Waals surface area contributed by atoms with Crippen LogP contribution < -0.4 is 0 Å². The normalized spacial score (nSPS) is 16.6. The first-order chi connectivity index (χ1) is 11.2. The molecular formula is C19H22ClFN2. The number of hydrogen-bond acceptors (Lipinski definition) is 2. The van der Waals surface area contributed by atoms with Crippen LogP contribution in [0.2, 0.25) is 5.02 Å². The highest BCUT2D eigenvalue weighted by atomic mass is 35.5. The van der Waals surface area contributed by atoms with Crippen LogP contribution in [0.3, 0.4) is 0 Å². The van der Waals surface area contributed by atoms with Crippen LogP contribution >= 0.6 is 11.6 Å². The molecule has 2 aromatic rings.